The fourth-order valence-corrected chi connectivity index (χ4v) is 3.48. The van der Waals surface area contributed by atoms with Gasteiger partial charge >= 0.3 is 0 Å². The summed E-state index contributed by atoms with van der Waals surface area (Å²) in [7, 11) is 0. The molecule has 1 aliphatic rings. The number of likely N-dealkylation sites (tertiary alicyclic amines) is 1. The molecule has 1 fully saturated rings. The smallest absolute Gasteiger partial charge is 0.271 e. The zero-order valence-electron chi connectivity index (χ0n) is 16.0. The highest BCUT2D eigenvalue weighted by molar-refractivity contribution is 5.60. The third-order valence-electron chi connectivity index (χ3n) is 4.88. The van der Waals surface area contributed by atoms with E-state index >= 15 is 0 Å². The maximum Gasteiger partial charge on any atom is 0.271 e. The Hall–Kier alpha value is -2.01. The van der Waals surface area contributed by atoms with Crippen LogP contribution in [0.25, 0.3) is 11.3 Å². The van der Waals surface area contributed by atoms with Gasteiger partial charge in [0.05, 0.1) is 5.69 Å². The Kier molecular flexibility index (Phi) is 5.87. The number of benzene rings is 1. The Morgan fingerprint density at radius 1 is 1.15 bits per heavy atom. The van der Waals surface area contributed by atoms with Gasteiger partial charge in [0.1, 0.15) is 5.82 Å². The molecule has 0 atom stereocenters. The Morgan fingerprint density at radius 3 is 2.54 bits per heavy atom. The molecule has 0 unspecified atom stereocenters. The molecule has 4 nitrogen and oxygen atoms in total. The van der Waals surface area contributed by atoms with Gasteiger partial charge in [-0.05, 0) is 68.6 Å². The van der Waals surface area contributed by atoms with E-state index in [2.05, 4.69) is 23.8 Å². The van der Waals surface area contributed by atoms with Crippen molar-refractivity contribution in [2.45, 2.75) is 53.1 Å². The van der Waals surface area contributed by atoms with Gasteiger partial charge in [0.2, 0.25) is 0 Å². The highest BCUT2D eigenvalue weighted by Crippen LogP contribution is 2.21. The SMILES string of the molecule is Cc1cc(-c2cc(CN3CCCCC3)c(=O)n(CC(C)C)n2)ccc1F. The summed E-state index contributed by atoms with van der Waals surface area (Å²) in [5, 5.41) is 4.57. The minimum absolute atomic E-state index is 0.00754. The van der Waals surface area contributed by atoms with Gasteiger partial charge in [0.25, 0.3) is 5.56 Å². The van der Waals surface area contributed by atoms with Gasteiger partial charge in [0.15, 0.2) is 0 Å². The third kappa shape index (κ3) is 4.39. The number of rotatable bonds is 5. The minimum Gasteiger partial charge on any atom is -0.299 e. The van der Waals surface area contributed by atoms with Gasteiger partial charge in [-0.2, -0.15) is 5.10 Å². The summed E-state index contributed by atoms with van der Waals surface area (Å²) >= 11 is 0. The molecule has 0 saturated carbocycles. The van der Waals surface area contributed by atoms with Gasteiger partial charge in [0, 0.05) is 24.2 Å². The molecule has 0 spiro atoms. The van der Waals surface area contributed by atoms with Crippen LogP contribution in [0.5, 0.6) is 0 Å². The lowest BCUT2D eigenvalue weighted by atomic mass is 10.1. The van der Waals surface area contributed by atoms with Gasteiger partial charge in [-0.15, -0.1) is 0 Å². The lowest BCUT2D eigenvalue weighted by Gasteiger charge is -2.26. The van der Waals surface area contributed by atoms with E-state index in [-0.39, 0.29) is 11.4 Å². The van der Waals surface area contributed by atoms with E-state index in [9.17, 15) is 9.18 Å². The summed E-state index contributed by atoms with van der Waals surface area (Å²) in [5.74, 6) is 0.103. The Morgan fingerprint density at radius 2 is 1.88 bits per heavy atom. The molecule has 0 radical (unpaired) electrons. The lowest BCUT2D eigenvalue weighted by molar-refractivity contribution is 0.219. The molecular weight excluding hydrogens is 329 g/mol. The first-order valence-electron chi connectivity index (χ1n) is 9.54. The highest BCUT2D eigenvalue weighted by Gasteiger charge is 2.16. The van der Waals surface area contributed by atoms with E-state index in [0.29, 0.717) is 24.6 Å². The first-order chi connectivity index (χ1) is 12.4. The van der Waals surface area contributed by atoms with Crippen molar-refractivity contribution >= 4 is 0 Å². The Labute approximate surface area is 154 Å². The normalized spacial score (nSPS) is 15.6. The monoisotopic (exact) mass is 357 g/mol. The number of hydrogen-bond donors (Lipinski definition) is 0. The summed E-state index contributed by atoms with van der Waals surface area (Å²) < 4.78 is 15.2. The Balaban J connectivity index is 2.01. The van der Waals surface area contributed by atoms with Crippen molar-refractivity contribution in [1.29, 1.82) is 0 Å². The maximum atomic E-state index is 13.6. The fourth-order valence-electron chi connectivity index (χ4n) is 3.48. The second-order valence-corrected chi connectivity index (χ2v) is 7.74. The van der Waals surface area contributed by atoms with Crippen LogP contribution >= 0.6 is 0 Å². The van der Waals surface area contributed by atoms with Crippen molar-refractivity contribution in [2.75, 3.05) is 13.1 Å². The van der Waals surface area contributed by atoms with E-state index < -0.39 is 0 Å². The summed E-state index contributed by atoms with van der Waals surface area (Å²) in [6.45, 7) is 9.22. The molecule has 140 valence electrons. The van der Waals surface area contributed by atoms with Crippen LogP contribution in [0.3, 0.4) is 0 Å². The summed E-state index contributed by atoms with van der Waals surface area (Å²) in [6, 6.07) is 6.89. The van der Waals surface area contributed by atoms with E-state index in [1.54, 1.807) is 23.7 Å². The van der Waals surface area contributed by atoms with Gasteiger partial charge in [-0.25, -0.2) is 9.07 Å². The predicted octanol–water partition coefficient (Wildman–Crippen LogP) is 4.00. The molecule has 5 heteroatoms. The molecule has 2 aromatic rings. The summed E-state index contributed by atoms with van der Waals surface area (Å²) in [4.78, 5) is 15.2. The first-order valence-corrected chi connectivity index (χ1v) is 9.54. The van der Waals surface area contributed by atoms with Gasteiger partial charge < -0.3 is 0 Å². The number of piperidine rings is 1. The van der Waals surface area contributed by atoms with Gasteiger partial charge in [-0.3, -0.25) is 9.69 Å². The first kappa shape index (κ1) is 18.8. The van der Waals surface area contributed by atoms with Crippen LogP contribution in [0.15, 0.2) is 29.1 Å². The van der Waals surface area contributed by atoms with Crippen molar-refractivity contribution in [2.24, 2.45) is 5.92 Å². The quantitative estimate of drug-likeness (QED) is 0.812. The molecule has 1 aliphatic heterocycles. The molecule has 0 bridgehead atoms. The Bertz CT molecular complexity index is 822. The number of nitrogens with zero attached hydrogens (tertiary/aromatic N) is 3. The zero-order chi connectivity index (χ0) is 18.7. The average molecular weight is 357 g/mol. The van der Waals surface area contributed by atoms with Crippen LogP contribution in [0.2, 0.25) is 0 Å². The summed E-state index contributed by atoms with van der Waals surface area (Å²) in [5.41, 5.74) is 2.94. The van der Waals surface area contributed by atoms with Crippen LogP contribution in [0.1, 0.15) is 44.2 Å². The van der Waals surface area contributed by atoms with Crippen molar-refractivity contribution in [3.63, 3.8) is 0 Å². The molecule has 26 heavy (non-hydrogen) atoms. The van der Waals surface area contributed by atoms with E-state index in [4.69, 9.17) is 0 Å². The van der Waals surface area contributed by atoms with Crippen molar-refractivity contribution in [3.8, 4) is 11.3 Å². The highest BCUT2D eigenvalue weighted by atomic mass is 19.1. The largest absolute Gasteiger partial charge is 0.299 e. The number of aryl methyl sites for hydroxylation is 1. The molecular formula is C21H28FN3O. The second kappa shape index (κ2) is 8.12. The molecule has 2 heterocycles. The van der Waals surface area contributed by atoms with Crippen LogP contribution < -0.4 is 5.56 Å². The van der Waals surface area contributed by atoms with E-state index in [0.717, 1.165) is 29.9 Å². The number of halogens is 1. The second-order valence-electron chi connectivity index (χ2n) is 7.74. The van der Waals surface area contributed by atoms with Crippen LogP contribution in [0.4, 0.5) is 4.39 Å². The summed E-state index contributed by atoms with van der Waals surface area (Å²) in [6.07, 6.45) is 3.65. The average Bonchev–Trinajstić information content (AvgIpc) is 2.61. The molecule has 0 N–H and O–H groups in total. The van der Waals surface area contributed by atoms with Crippen LogP contribution in [-0.4, -0.2) is 27.8 Å². The molecule has 0 amide bonds. The zero-order valence-corrected chi connectivity index (χ0v) is 16.0. The van der Waals surface area contributed by atoms with Crippen LogP contribution in [-0.2, 0) is 13.1 Å². The van der Waals surface area contributed by atoms with Crippen molar-refractivity contribution in [1.82, 2.24) is 14.7 Å². The van der Waals surface area contributed by atoms with E-state index in [1.807, 2.05) is 6.07 Å². The molecule has 3 rings (SSSR count). The lowest BCUT2D eigenvalue weighted by Crippen LogP contribution is -2.35. The third-order valence-corrected chi connectivity index (χ3v) is 4.88. The standard InChI is InChI=1S/C21H28FN3O/c1-15(2)13-25-21(26)18(14-24-9-5-4-6-10-24)12-20(23-25)17-7-8-19(22)16(3)11-17/h7-8,11-12,15H,4-6,9-10,13-14H2,1-3H3. The predicted molar refractivity (Wildman–Crippen MR) is 103 cm³/mol. The maximum absolute atomic E-state index is 13.6. The molecule has 1 aromatic carbocycles. The van der Waals surface area contributed by atoms with Crippen molar-refractivity contribution in [3.05, 3.63) is 51.6 Å². The van der Waals surface area contributed by atoms with E-state index in [1.165, 1.54) is 25.3 Å². The number of aromatic nitrogens is 2. The number of hydrogen-bond acceptors (Lipinski definition) is 3. The van der Waals surface area contributed by atoms with Gasteiger partial charge in [-0.1, -0.05) is 20.3 Å². The minimum atomic E-state index is -0.224. The van der Waals surface area contributed by atoms with Crippen molar-refractivity contribution < 1.29 is 4.39 Å². The molecule has 1 saturated heterocycles. The molecule has 1 aromatic heterocycles. The molecule has 0 aliphatic carbocycles. The van der Waals surface area contributed by atoms with Crippen LogP contribution in [0, 0.1) is 18.7 Å². The fraction of sp³-hybridized carbons (Fsp3) is 0.524. The topological polar surface area (TPSA) is 38.1 Å².